The minimum Gasteiger partial charge on any atom is -0.465 e. The van der Waals surface area contributed by atoms with Gasteiger partial charge < -0.3 is 9.47 Å². The van der Waals surface area contributed by atoms with Crippen molar-refractivity contribution in [2.45, 2.75) is 6.92 Å². The maximum atomic E-state index is 8.65. The summed E-state index contributed by atoms with van der Waals surface area (Å²) in [5.41, 5.74) is 0.483. The molecule has 0 fully saturated rings. The van der Waals surface area contributed by atoms with E-state index in [4.69, 9.17) is 14.7 Å². The minimum absolute atomic E-state index is 0.184. The number of hydrogen-bond donors (Lipinski definition) is 0. The molecule has 0 aliphatic heterocycles. The summed E-state index contributed by atoms with van der Waals surface area (Å²) in [6, 6.07) is 3.64. The molecule has 0 amide bonds. The summed E-state index contributed by atoms with van der Waals surface area (Å²) < 4.78 is 11.0. The fourth-order valence-electron chi connectivity index (χ4n) is 0.779. The van der Waals surface area contributed by atoms with E-state index in [1.807, 2.05) is 35.6 Å². The van der Waals surface area contributed by atoms with Crippen molar-refractivity contribution < 1.29 is 9.47 Å². The molecule has 0 aliphatic carbocycles. The lowest BCUT2D eigenvalue weighted by molar-refractivity contribution is 0.0216. The SMILES string of the molecule is CCOCOc1cc(C#N)cnc1I. The minimum atomic E-state index is 0.184. The second-order valence-electron chi connectivity index (χ2n) is 2.38. The first-order valence-corrected chi connectivity index (χ1v) is 5.12. The Morgan fingerprint density at radius 1 is 1.64 bits per heavy atom. The average Bonchev–Trinajstić information content (AvgIpc) is 2.21. The normalized spacial score (nSPS) is 9.50. The van der Waals surface area contributed by atoms with Crippen LogP contribution >= 0.6 is 22.6 Å². The van der Waals surface area contributed by atoms with Crippen LogP contribution in [0, 0.1) is 15.0 Å². The Labute approximate surface area is 96.0 Å². The van der Waals surface area contributed by atoms with Gasteiger partial charge in [-0.1, -0.05) is 0 Å². The molecule has 0 saturated carbocycles. The van der Waals surface area contributed by atoms with Crippen LogP contribution in [0.4, 0.5) is 0 Å². The first-order chi connectivity index (χ1) is 6.77. The lowest BCUT2D eigenvalue weighted by atomic mass is 10.3. The van der Waals surface area contributed by atoms with Crippen LogP contribution in [0.2, 0.25) is 0 Å². The summed E-state index contributed by atoms with van der Waals surface area (Å²) in [4.78, 5) is 4.01. The molecule has 1 aromatic rings. The molecular weight excluding hydrogens is 295 g/mol. The topological polar surface area (TPSA) is 55.1 Å². The molecule has 5 heteroatoms. The Balaban J connectivity index is 2.70. The van der Waals surface area contributed by atoms with E-state index in [9.17, 15) is 0 Å². The molecule has 0 bridgehead atoms. The number of aromatic nitrogens is 1. The highest BCUT2D eigenvalue weighted by Crippen LogP contribution is 2.19. The summed E-state index contributed by atoms with van der Waals surface area (Å²) in [6.07, 6.45) is 1.51. The molecule has 0 N–H and O–H groups in total. The summed E-state index contributed by atoms with van der Waals surface area (Å²) in [5, 5.41) is 8.65. The molecule has 0 radical (unpaired) electrons. The van der Waals surface area contributed by atoms with Crippen LogP contribution in [0.3, 0.4) is 0 Å². The monoisotopic (exact) mass is 304 g/mol. The molecular formula is C9H9IN2O2. The largest absolute Gasteiger partial charge is 0.465 e. The first kappa shape index (κ1) is 11.2. The summed E-state index contributed by atoms with van der Waals surface area (Å²) in [6.45, 7) is 2.67. The van der Waals surface area contributed by atoms with Crippen molar-refractivity contribution in [1.82, 2.24) is 4.98 Å². The zero-order valence-corrected chi connectivity index (χ0v) is 9.82. The van der Waals surface area contributed by atoms with E-state index < -0.39 is 0 Å². The highest BCUT2D eigenvalue weighted by molar-refractivity contribution is 14.1. The van der Waals surface area contributed by atoms with E-state index >= 15 is 0 Å². The third kappa shape index (κ3) is 3.12. The molecule has 1 heterocycles. The quantitative estimate of drug-likeness (QED) is 0.369. The zero-order chi connectivity index (χ0) is 10.4. The van der Waals surface area contributed by atoms with E-state index in [2.05, 4.69) is 4.98 Å². The van der Waals surface area contributed by atoms with Crippen LogP contribution in [-0.2, 0) is 4.74 Å². The second kappa shape index (κ2) is 5.78. The highest BCUT2D eigenvalue weighted by atomic mass is 127. The lowest BCUT2D eigenvalue weighted by Gasteiger charge is -2.06. The van der Waals surface area contributed by atoms with Gasteiger partial charge in [-0.2, -0.15) is 5.26 Å². The molecule has 1 aromatic heterocycles. The summed E-state index contributed by atoms with van der Waals surface area (Å²) in [5.74, 6) is 0.582. The van der Waals surface area contributed by atoms with Crippen molar-refractivity contribution in [2.75, 3.05) is 13.4 Å². The van der Waals surface area contributed by atoms with Gasteiger partial charge in [-0.05, 0) is 29.5 Å². The molecule has 0 unspecified atom stereocenters. The van der Waals surface area contributed by atoms with Crippen LogP contribution < -0.4 is 4.74 Å². The molecule has 0 saturated heterocycles. The lowest BCUT2D eigenvalue weighted by Crippen LogP contribution is -2.04. The number of ether oxygens (including phenoxy) is 2. The average molecular weight is 304 g/mol. The van der Waals surface area contributed by atoms with Crippen molar-refractivity contribution >= 4 is 22.6 Å². The van der Waals surface area contributed by atoms with E-state index in [0.29, 0.717) is 17.9 Å². The predicted molar refractivity (Wildman–Crippen MR) is 58.8 cm³/mol. The fourth-order valence-corrected chi connectivity index (χ4v) is 1.23. The second-order valence-corrected chi connectivity index (χ2v) is 3.40. The standard InChI is InChI=1S/C9H9IN2O2/c1-2-13-6-14-8-3-7(4-11)5-12-9(8)10/h3,5H,2,6H2,1H3. The van der Waals surface area contributed by atoms with Gasteiger partial charge in [0.15, 0.2) is 12.5 Å². The molecule has 0 atom stereocenters. The van der Waals surface area contributed by atoms with Crippen LogP contribution in [0.15, 0.2) is 12.3 Å². The Morgan fingerprint density at radius 3 is 3.07 bits per heavy atom. The van der Waals surface area contributed by atoms with Crippen molar-refractivity contribution in [3.8, 4) is 11.8 Å². The van der Waals surface area contributed by atoms with E-state index in [-0.39, 0.29) is 6.79 Å². The fraction of sp³-hybridized carbons (Fsp3) is 0.333. The number of halogens is 1. The van der Waals surface area contributed by atoms with Crippen LogP contribution in [0.25, 0.3) is 0 Å². The Kier molecular flexibility index (Phi) is 4.62. The molecule has 0 spiro atoms. The van der Waals surface area contributed by atoms with Gasteiger partial charge in [0.1, 0.15) is 9.77 Å². The van der Waals surface area contributed by atoms with Gasteiger partial charge in [-0.25, -0.2) is 4.98 Å². The Hall–Kier alpha value is -0.870. The smallest absolute Gasteiger partial charge is 0.189 e. The van der Waals surface area contributed by atoms with Gasteiger partial charge in [0.25, 0.3) is 0 Å². The number of rotatable bonds is 4. The molecule has 4 nitrogen and oxygen atoms in total. The van der Waals surface area contributed by atoms with Crippen LogP contribution in [0.5, 0.6) is 5.75 Å². The highest BCUT2D eigenvalue weighted by Gasteiger charge is 2.03. The maximum absolute atomic E-state index is 8.65. The van der Waals surface area contributed by atoms with Crippen molar-refractivity contribution in [3.05, 3.63) is 21.5 Å². The van der Waals surface area contributed by atoms with Gasteiger partial charge in [0, 0.05) is 18.9 Å². The van der Waals surface area contributed by atoms with Gasteiger partial charge in [0.2, 0.25) is 0 Å². The predicted octanol–water partition coefficient (Wildman–Crippen LogP) is 1.93. The number of hydrogen-bond acceptors (Lipinski definition) is 4. The van der Waals surface area contributed by atoms with E-state index in [1.165, 1.54) is 6.20 Å². The van der Waals surface area contributed by atoms with Gasteiger partial charge >= 0.3 is 0 Å². The van der Waals surface area contributed by atoms with Gasteiger partial charge in [0.05, 0.1) is 5.56 Å². The molecule has 0 aromatic carbocycles. The Morgan fingerprint density at radius 2 is 2.43 bits per heavy atom. The third-order valence-electron chi connectivity index (χ3n) is 1.44. The first-order valence-electron chi connectivity index (χ1n) is 4.04. The number of nitrogens with zero attached hydrogens (tertiary/aromatic N) is 2. The Bertz CT molecular complexity index is 349. The van der Waals surface area contributed by atoms with Crippen LogP contribution in [0.1, 0.15) is 12.5 Å². The van der Waals surface area contributed by atoms with Crippen molar-refractivity contribution in [1.29, 1.82) is 5.26 Å². The van der Waals surface area contributed by atoms with Crippen molar-refractivity contribution in [2.24, 2.45) is 0 Å². The zero-order valence-electron chi connectivity index (χ0n) is 7.66. The third-order valence-corrected chi connectivity index (χ3v) is 2.25. The van der Waals surface area contributed by atoms with Crippen molar-refractivity contribution in [3.63, 3.8) is 0 Å². The van der Waals surface area contributed by atoms with Crippen LogP contribution in [-0.4, -0.2) is 18.4 Å². The molecule has 1 rings (SSSR count). The maximum Gasteiger partial charge on any atom is 0.189 e. The van der Waals surface area contributed by atoms with Gasteiger partial charge in [-0.3, -0.25) is 0 Å². The summed E-state index contributed by atoms with van der Waals surface area (Å²) in [7, 11) is 0. The number of pyridine rings is 1. The summed E-state index contributed by atoms with van der Waals surface area (Å²) >= 11 is 2.04. The van der Waals surface area contributed by atoms with Gasteiger partial charge in [-0.15, -0.1) is 0 Å². The molecule has 0 aliphatic rings. The van der Waals surface area contributed by atoms with E-state index in [1.54, 1.807) is 6.07 Å². The van der Waals surface area contributed by atoms with E-state index in [0.717, 1.165) is 3.70 Å². The molecule has 74 valence electrons. The number of nitriles is 1. The molecule has 14 heavy (non-hydrogen) atoms.